The van der Waals surface area contributed by atoms with Crippen molar-refractivity contribution in [2.45, 2.75) is 54.4 Å². The molecule has 1 aromatic heterocycles. The van der Waals surface area contributed by atoms with Crippen molar-refractivity contribution in [3.63, 3.8) is 0 Å². The van der Waals surface area contributed by atoms with E-state index in [1.54, 1.807) is 11.3 Å². The first-order valence-electron chi connectivity index (χ1n) is 6.12. The highest BCUT2D eigenvalue weighted by Crippen LogP contribution is 2.26. The molecule has 3 nitrogen and oxygen atoms in total. The molecule has 0 aliphatic rings. The molecule has 100 valence electrons. The first-order chi connectivity index (χ1) is 8.06. The molecule has 0 atom stereocenters. The predicted molar refractivity (Wildman–Crippen MR) is 75.0 cm³/mol. The lowest BCUT2D eigenvalue weighted by molar-refractivity contribution is 0.0593. The molecule has 1 heterocycles. The number of methoxy groups -OCH3 is 1. The van der Waals surface area contributed by atoms with Gasteiger partial charge in [-0.05, 0) is 12.8 Å². The number of ether oxygens (including phenoxy) is 1. The fraction of sp³-hybridized carbons (Fsp3) is 0.692. The van der Waals surface area contributed by atoms with E-state index in [-0.39, 0.29) is 5.97 Å². The standard InChI is InChI=1S/C9H13NO2S.2C2H6/c1-5(2)8-7(9(11)12-4)10-6(3)13-8;2*1-2/h5H,1-4H3;2*1-2H3. The van der Waals surface area contributed by atoms with Crippen molar-refractivity contribution in [2.24, 2.45) is 0 Å². The summed E-state index contributed by atoms with van der Waals surface area (Å²) in [4.78, 5) is 16.4. The summed E-state index contributed by atoms with van der Waals surface area (Å²) >= 11 is 1.55. The Morgan fingerprint density at radius 2 is 1.71 bits per heavy atom. The number of hydrogen-bond donors (Lipinski definition) is 0. The zero-order chi connectivity index (χ0) is 14.0. The zero-order valence-electron chi connectivity index (χ0n) is 12.2. The van der Waals surface area contributed by atoms with Crippen LogP contribution in [0.1, 0.15) is 67.8 Å². The molecule has 0 bridgehead atoms. The van der Waals surface area contributed by atoms with Gasteiger partial charge in [-0.15, -0.1) is 11.3 Å². The molecule has 0 amide bonds. The maximum Gasteiger partial charge on any atom is 0.357 e. The molecule has 0 saturated carbocycles. The molecule has 0 N–H and O–H groups in total. The quantitative estimate of drug-likeness (QED) is 0.738. The van der Waals surface area contributed by atoms with Crippen molar-refractivity contribution < 1.29 is 9.53 Å². The van der Waals surface area contributed by atoms with E-state index in [0.717, 1.165) is 9.88 Å². The van der Waals surface area contributed by atoms with Crippen LogP contribution in [0, 0.1) is 6.92 Å². The number of thiazole rings is 1. The van der Waals surface area contributed by atoms with Crippen molar-refractivity contribution in [2.75, 3.05) is 7.11 Å². The third-order valence-corrected chi connectivity index (χ3v) is 2.93. The van der Waals surface area contributed by atoms with Gasteiger partial charge in [-0.3, -0.25) is 0 Å². The van der Waals surface area contributed by atoms with Crippen molar-refractivity contribution in [1.29, 1.82) is 0 Å². The molecule has 0 aliphatic heterocycles. The molecule has 0 fully saturated rings. The predicted octanol–water partition coefficient (Wildman–Crippen LogP) is 4.41. The van der Waals surface area contributed by atoms with Crippen molar-refractivity contribution >= 4 is 17.3 Å². The van der Waals surface area contributed by atoms with Crippen molar-refractivity contribution in [3.05, 3.63) is 15.6 Å². The largest absolute Gasteiger partial charge is 0.464 e. The number of nitrogens with zero attached hydrogens (tertiary/aromatic N) is 1. The molecule has 0 spiro atoms. The van der Waals surface area contributed by atoms with Crippen LogP contribution < -0.4 is 0 Å². The molecule has 1 rings (SSSR count). The Hall–Kier alpha value is -0.900. The van der Waals surface area contributed by atoms with Gasteiger partial charge in [-0.25, -0.2) is 9.78 Å². The Morgan fingerprint density at radius 3 is 2.06 bits per heavy atom. The Kier molecular flexibility index (Phi) is 11.2. The van der Waals surface area contributed by atoms with Gasteiger partial charge in [-0.2, -0.15) is 0 Å². The topological polar surface area (TPSA) is 39.2 Å². The van der Waals surface area contributed by atoms with Gasteiger partial charge >= 0.3 is 5.97 Å². The summed E-state index contributed by atoms with van der Waals surface area (Å²) < 4.78 is 4.65. The smallest absolute Gasteiger partial charge is 0.357 e. The SMILES string of the molecule is CC.CC.COC(=O)c1nc(C)sc1C(C)C. The molecular weight excluding hydrogens is 234 g/mol. The molecular formula is C13H25NO2S. The lowest BCUT2D eigenvalue weighted by Crippen LogP contribution is -2.05. The molecule has 1 aromatic rings. The molecule has 17 heavy (non-hydrogen) atoms. The molecule has 0 unspecified atom stereocenters. The maximum atomic E-state index is 11.3. The Bertz CT molecular complexity index is 319. The lowest BCUT2D eigenvalue weighted by atomic mass is 10.1. The van der Waals surface area contributed by atoms with Crippen LogP contribution in [-0.2, 0) is 4.74 Å². The van der Waals surface area contributed by atoms with E-state index in [0.29, 0.717) is 11.6 Å². The van der Waals surface area contributed by atoms with Gasteiger partial charge in [0.15, 0.2) is 5.69 Å². The second-order valence-corrected chi connectivity index (χ2v) is 4.33. The number of hydrogen-bond acceptors (Lipinski definition) is 4. The number of aryl methyl sites for hydroxylation is 1. The number of rotatable bonds is 2. The average Bonchev–Trinajstić information content (AvgIpc) is 2.75. The van der Waals surface area contributed by atoms with Crippen LogP contribution >= 0.6 is 11.3 Å². The summed E-state index contributed by atoms with van der Waals surface area (Å²) in [6.45, 7) is 14.0. The van der Waals surface area contributed by atoms with Crippen LogP contribution in [-0.4, -0.2) is 18.1 Å². The molecule has 0 radical (unpaired) electrons. The van der Waals surface area contributed by atoms with Crippen LogP contribution in [0.2, 0.25) is 0 Å². The summed E-state index contributed by atoms with van der Waals surface area (Å²) in [6.07, 6.45) is 0. The zero-order valence-corrected chi connectivity index (χ0v) is 13.1. The summed E-state index contributed by atoms with van der Waals surface area (Å²) in [5.41, 5.74) is 0.472. The minimum absolute atomic E-state index is 0.320. The van der Waals surface area contributed by atoms with E-state index in [4.69, 9.17) is 0 Å². The Balaban J connectivity index is 0. The van der Waals surface area contributed by atoms with Crippen LogP contribution in [0.15, 0.2) is 0 Å². The highest BCUT2D eigenvalue weighted by Gasteiger charge is 2.19. The average molecular weight is 259 g/mol. The minimum Gasteiger partial charge on any atom is -0.464 e. The van der Waals surface area contributed by atoms with Gasteiger partial charge in [0, 0.05) is 4.88 Å². The summed E-state index contributed by atoms with van der Waals surface area (Å²) in [6, 6.07) is 0. The number of carbonyl (C=O) groups excluding carboxylic acids is 1. The highest BCUT2D eigenvalue weighted by atomic mass is 32.1. The minimum atomic E-state index is -0.340. The van der Waals surface area contributed by atoms with Crippen LogP contribution in [0.3, 0.4) is 0 Å². The first kappa shape index (κ1) is 18.5. The van der Waals surface area contributed by atoms with E-state index in [1.165, 1.54) is 7.11 Å². The molecule has 0 aliphatic carbocycles. The van der Waals surface area contributed by atoms with Gasteiger partial charge in [0.25, 0.3) is 0 Å². The van der Waals surface area contributed by atoms with Gasteiger partial charge in [0.1, 0.15) is 0 Å². The second kappa shape index (κ2) is 10.3. The van der Waals surface area contributed by atoms with Gasteiger partial charge in [-0.1, -0.05) is 41.5 Å². The fourth-order valence-electron chi connectivity index (χ4n) is 1.08. The van der Waals surface area contributed by atoms with E-state index in [1.807, 2.05) is 48.5 Å². The van der Waals surface area contributed by atoms with E-state index in [9.17, 15) is 4.79 Å². The van der Waals surface area contributed by atoms with E-state index in [2.05, 4.69) is 9.72 Å². The van der Waals surface area contributed by atoms with E-state index < -0.39 is 0 Å². The number of aromatic nitrogens is 1. The van der Waals surface area contributed by atoms with Crippen LogP contribution in [0.4, 0.5) is 0 Å². The van der Waals surface area contributed by atoms with Crippen LogP contribution in [0.5, 0.6) is 0 Å². The monoisotopic (exact) mass is 259 g/mol. The normalized spacial score (nSPS) is 8.76. The Labute approximate surface area is 109 Å². The fourth-order valence-corrected chi connectivity index (χ4v) is 1.99. The lowest BCUT2D eigenvalue weighted by Gasteiger charge is -2.02. The molecule has 0 saturated heterocycles. The summed E-state index contributed by atoms with van der Waals surface area (Å²) in [7, 11) is 1.38. The first-order valence-corrected chi connectivity index (χ1v) is 6.93. The van der Waals surface area contributed by atoms with E-state index >= 15 is 0 Å². The van der Waals surface area contributed by atoms with Gasteiger partial charge in [0.2, 0.25) is 0 Å². The Morgan fingerprint density at radius 1 is 1.24 bits per heavy atom. The maximum absolute atomic E-state index is 11.3. The number of carbonyl (C=O) groups is 1. The third-order valence-electron chi connectivity index (χ3n) is 1.66. The van der Waals surface area contributed by atoms with Gasteiger partial charge in [0.05, 0.1) is 12.1 Å². The third kappa shape index (κ3) is 5.82. The summed E-state index contributed by atoms with van der Waals surface area (Å²) in [5.74, 6) is -0.0200. The second-order valence-electron chi connectivity index (χ2n) is 3.09. The van der Waals surface area contributed by atoms with Crippen LogP contribution in [0.25, 0.3) is 0 Å². The van der Waals surface area contributed by atoms with Gasteiger partial charge < -0.3 is 4.74 Å². The summed E-state index contributed by atoms with van der Waals surface area (Å²) in [5, 5.41) is 0.907. The number of esters is 1. The van der Waals surface area contributed by atoms with Crippen molar-refractivity contribution in [3.8, 4) is 0 Å². The molecule has 4 heteroatoms. The molecule has 0 aromatic carbocycles. The highest BCUT2D eigenvalue weighted by molar-refractivity contribution is 7.12. The van der Waals surface area contributed by atoms with Crippen molar-refractivity contribution in [1.82, 2.24) is 4.98 Å².